The van der Waals surface area contributed by atoms with Crippen LogP contribution in [0.4, 0.5) is 0 Å². The van der Waals surface area contributed by atoms with Crippen molar-refractivity contribution >= 4 is 0 Å². The molecule has 0 amide bonds. The average Bonchev–Trinajstić information content (AvgIpc) is 3.28. The van der Waals surface area contributed by atoms with Gasteiger partial charge in [-0.25, -0.2) is 0 Å². The van der Waals surface area contributed by atoms with Crippen molar-refractivity contribution in [2.45, 2.75) is 93.3 Å². The first-order valence-electron chi connectivity index (χ1n) is 14.2. The molecule has 2 aromatic carbocycles. The summed E-state index contributed by atoms with van der Waals surface area (Å²) in [6.07, 6.45) is -6.13. The van der Waals surface area contributed by atoms with Crippen LogP contribution >= 0.6 is 0 Å². The Labute approximate surface area is 244 Å². The normalized spacial score (nSPS) is 32.2. The molecule has 4 rings (SSSR count). The lowest BCUT2D eigenvalue weighted by atomic mass is 9.98. The molecule has 9 atom stereocenters. The van der Waals surface area contributed by atoms with Crippen molar-refractivity contribution < 1.29 is 59.8 Å². The fourth-order valence-electron chi connectivity index (χ4n) is 5.12. The summed E-state index contributed by atoms with van der Waals surface area (Å²) in [7, 11) is 0. The second-order valence-corrected chi connectivity index (χ2v) is 11.1. The third-order valence-corrected chi connectivity index (χ3v) is 7.87. The molecule has 2 fully saturated rings. The van der Waals surface area contributed by atoms with Crippen molar-refractivity contribution in [1.82, 2.24) is 0 Å². The van der Waals surface area contributed by atoms with E-state index in [0.29, 0.717) is 19.3 Å². The number of hydrogen-bond donors (Lipinski definition) is 8. The molecule has 2 saturated heterocycles. The molecule has 2 aromatic rings. The first-order valence-corrected chi connectivity index (χ1v) is 14.2. The van der Waals surface area contributed by atoms with Gasteiger partial charge in [-0.3, -0.25) is 0 Å². The van der Waals surface area contributed by atoms with Gasteiger partial charge < -0.3 is 59.8 Å². The van der Waals surface area contributed by atoms with Gasteiger partial charge in [-0.05, 0) is 67.5 Å². The highest BCUT2D eigenvalue weighted by Gasteiger charge is 2.50. The number of phenols is 2. The molecule has 2 aliphatic heterocycles. The van der Waals surface area contributed by atoms with Crippen molar-refractivity contribution in [1.29, 1.82) is 0 Å². The number of ether oxygens (including phenoxy) is 4. The third kappa shape index (κ3) is 8.38. The summed E-state index contributed by atoms with van der Waals surface area (Å²) in [4.78, 5) is 0. The molecule has 0 aromatic heterocycles. The van der Waals surface area contributed by atoms with Crippen LogP contribution in [0.15, 0.2) is 48.5 Å². The molecular formula is C30H42O12. The zero-order valence-corrected chi connectivity index (χ0v) is 23.3. The molecule has 0 saturated carbocycles. The second kappa shape index (κ2) is 14.9. The predicted molar refractivity (Wildman–Crippen MR) is 147 cm³/mol. The molecule has 0 spiro atoms. The number of aliphatic hydroxyl groups is 6. The van der Waals surface area contributed by atoms with Gasteiger partial charge in [-0.15, -0.1) is 0 Å². The number of rotatable bonds is 14. The molecule has 2 aliphatic rings. The van der Waals surface area contributed by atoms with Crippen molar-refractivity contribution in [2.24, 2.45) is 0 Å². The van der Waals surface area contributed by atoms with E-state index in [2.05, 4.69) is 0 Å². The van der Waals surface area contributed by atoms with Gasteiger partial charge in [0.1, 0.15) is 47.6 Å². The van der Waals surface area contributed by atoms with Gasteiger partial charge in [0.15, 0.2) is 12.6 Å². The summed E-state index contributed by atoms with van der Waals surface area (Å²) in [6, 6.07) is 13.9. The van der Waals surface area contributed by atoms with Crippen LogP contribution in [0.1, 0.15) is 36.8 Å². The number of aromatic hydroxyl groups is 2. The Morgan fingerprint density at radius 1 is 0.786 bits per heavy atom. The van der Waals surface area contributed by atoms with Gasteiger partial charge >= 0.3 is 0 Å². The van der Waals surface area contributed by atoms with Gasteiger partial charge in [0.05, 0.1) is 25.9 Å². The zero-order chi connectivity index (χ0) is 30.3. The van der Waals surface area contributed by atoms with Crippen LogP contribution in [-0.4, -0.2) is 115 Å². The van der Waals surface area contributed by atoms with E-state index in [4.69, 9.17) is 18.9 Å². The van der Waals surface area contributed by atoms with Gasteiger partial charge in [0.2, 0.25) is 0 Å². The molecule has 12 heteroatoms. The highest BCUT2D eigenvalue weighted by atomic mass is 16.7. The van der Waals surface area contributed by atoms with E-state index in [-0.39, 0.29) is 30.8 Å². The van der Waals surface area contributed by atoms with Crippen LogP contribution in [0.3, 0.4) is 0 Å². The van der Waals surface area contributed by atoms with Gasteiger partial charge in [-0.2, -0.15) is 0 Å². The Kier molecular flexibility index (Phi) is 11.5. The summed E-state index contributed by atoms with van der Waals surface area (Å²) in [5.41, 5.74) is 0.190. The number of phenolic OH excluding ortho intramolecular Hbond substituents is 2. The van der Waals surface area contributed by atoms with Crippen LogP contribution in [0.25, 0.3) is 0 Å². The summed E-state index contributed by atoms with van der Waals surface area (Å²) >= 11 is 0. The van der Waals surface area contributed by atoms with Gasteiger partial charge in [0.25, 0.3) is 0 Å². The van der Waals surface area contributed by atoms with E-state index in [0.717, 1.165) is 30.4 Å². The highest BCUT2D eigenvalue weighted by Crippen LogP contribution is 2.29. The van der Waals surface area contributed by atoms with Gasteiger partial charge in [0, 0.05) is 0 Å². The summed E-state index contributed by atoms with van der Waals surface area (Å²) in [5.74, 6) is 0.374. The summed E-state index contributed by atoms with van der Waals surface area (Å²) in [5, 5.41) is 80.5. The molecule has 42 heavy (non-hydrogen) atoms. The first-order chi connectivity index (χ1) is 20.1. The van der Waals surface area contributed by atoms with E-state index in [1.54, 1.807) is 24.3 Å². The largest absolute Gasteiger partial charge is 0.508 e. The Morgan fingerprint density at radius 2 is 1.40 bits per heavy atom. The molecular weight excluding hydrogens is 552 g/mol. The number of unbranched alkanes of at least 4 members (excludes halogenated alkanes) is 1. The minimum Gasteiger partial charge on any atom is -0.508 e. The molecule has 2 heterocycles. The first kappa shape index (κ1) is 32.6. The molecule has 12 nitrogen and oxygen atoms in total. The number of hydrogen-bond acceptors (Lipinski definition) is 12. The number of aryl methyl sites for hydroxylation is 2. The van der Waals surface area contributed by atoms with E-state index in [9.17, 15) is 40.9 Å². The molecule has 0 bridgehead atoms. The number of aliphatic hydroxyl groups excluding tert-OH is 5. The van der Waals surface area contributed by atoms with Crippen LogP contribution < -0.4 is 0 Å². The maximum Gasteiger partial charge on any atom is 0.186 e. The van der Waals surface area contributed by atoms with E-state index in [1.807, 2.05) is 24.3 Å². The smallest absolute Gasteiger partial charge is 0.186 e. The maximum absolute atomic E-state index is 10.7. The van der Waals surface area contributed by atoms with Gasteiger partial charge in [-0.1, -0.05) is 30.7 Å². The number of benzene rings is 2. The Morgan fingerprint density at radius 3 is 2.00 bits per heavy atom. The Hall–Kier alpha value is -2.36. The molecule has 234 valence electrons. The average molecular weight is 595 g/mol. The lowest BCUT2D eigenvalue weighted by Gasteiger charge is -2.41. The second-order valence-electron chi connectivity index (χ2n) is 11.1. The third-order valence-electron chi connectivity index (χ3n) is 7.87. The lowest BCUT2D eigenvalue weighted by Crippen LogP contribution is -2.60. The minimum absolute atomic E-state index is 0.164. The topological polar surface area (TPSA) is 199 Å². The molecule has 0 aliphatic carbocycles. The Bertz CT molecular complexity index is 1080. The van der Waals surface area contributed by atoms with Crippen LogP contribution in [-0.2, 0) is 31.8 Å². The van der Waals surface area contributed by atoms with E-state index < -0.39 is 55.3 Å². The highest BCUT2D eigenvalue weighted by molar-refractivity contribution is 5.26. The minimum atomic E-state index is -1.88. The summed E-state index contributed by atoms with van der Waals surface area (Å²) < 4.78 is 22.7. The van der Waals surface area contributed by atoms with Crippen LogP contribution in [0.5, 0.6) is 11.5 Å². The zero-order valence-electron chi connectivity index (χ0n) is 23.3. The van der Waals surface area contributed by atoms with E-state index in [1.165, 1.54) is 0 Å². The predicted octanol–water partition coefficient (Wildman–Crippen LogP) is 0.0934. The fraction of sp³-hybridized carbons (Fsp3) is 0.600. The van der Waals surface area contributed by atoms with Crippen molar-refractivity contribution in [3.63, 3.8) is 0 Å². The van der Waals surface area contributed by atoms with E-state index >= 15 is 0 Å². The fourth-order valence-corrected chi connectivity index (χ4v) is 5.12. The van der Waals surface area contributed by atoms with Crippen molar-refractivity contribution in [3.8, 4) is 11.5 Å². The van der Waals surface area contributed by atoms with Crippen molar-refractivity contribution in [3.05, 3.63) is 59.7 Å². The standard InChI is InChI=1S/C30H42O12/c31-16-30(38)17-40-29(27(30)37)39-15-23-24(34)25(35)26(36)28(42-23)41-22(14-9-19-7-12-21(33)13-8-19)4-2-1-3-18-5-10-20(32)11-6-18/h5-8,10-13,22-29,31-38H,1-4,9,14-17H2/t22-,23-,24-,25+,26-,27+,28-,29-,30-/m1/s1. The van der Waals surface area contributed by atoms with Crippen LogP contribution in [0.2, 0.25) is 0 Å². The monoisotopic (exact) mass is 594 g/mol. The quantitative estimate of drug-likeness (QED) is 0.137. The SMILES string of the molecule is OC[C@@]1(O)CO[C@@H](OC[C@H]2O[C@@H](O[C@H](CCCCc3ccc(O)cc3)CCc3ccc(O)cc3)[C@H](O)[C@@H](O)[C@@H]2O)[C@@H]1O. The molecule has 0 unspecified atom stereocenters. The molecule has 0 radical (unpaired) electrons. The lowest BCUT2D eigenvalue weighted by molar-refractivity contribution is -0.319. The maximum atomic E-state index is 10.7. The van der Waals surface area contributed by atoms with Crippen molar-refractivity contribution in [2.75, 3.05) is 19.8 Å². The Balaban J connectivity index is 1.36. The summed E-state index contributed by atoms with van der Waals surface area (Å²) in [6.45, 7) is -1.46. The molecule has 8 N–H and O–H groups in total. The van der Waals surface area contributed by atoms with Crippen LogP contribution in [0, 0.1) is 0 Å².